The molecule has 1 N–H and O–H groups in total. The number of nitrogens with zero attached hydrogens (tertiary/aromatic N) is 4. The number of aryl methyl sites for hydroxylation is 1. The molecule has 2 aromatic rings. The fraction of sp³-hybridized carbons (Fsp3) is 0.444. The molecule has 1 unspecified atom stereocenters. The Morgan fingerprint density at radius 2 is 2.08 bits per heavy atom. The molecule has 24 heavy (non-hydrogen) atoms. The van der Waals surface area contributed by atoms with Crippen molar-refractivity contribution in [2.24, 2.45) is 0 Å². The molecule has 4 rings (SSSR count). The zero-order valence-electron chi connectivity index (χ0n) is 13.8. The van der Waals surface area contributed by atoms with Crippen LogP contribution in [-0.2, 0) is 17.6 Å². The lowest BCUT2D eigenvalue weighted by molar-refractivity contribution is -0.127. The molecule has 0 spiro atoms. The fourth-order valence-electron chi connectivity index (χ4n) is 3.54. The third kappa shape index (κ3) is 2.84. The van der Waals surface area contributed by atoms with E-state index < -0.39 is 0 Å². The number of carbonyl (C=O) groups excluding carboxylic acids is 1. The topological polar surface area (TPSA) is 71.0 Å². The van der Waals surface area contributed by atoms with E-state index in [2.05, 4.69) is 10.3 Å². The maximum atomic E-state index is 11.5. The molecule has 0 saturated carbocycles. The van der Waals surface area contributed by atoms with Gasteiger partial charge in [0.2, 0.25) is 5.91 Å². The smallest absolute Gasteiger partial charge is 0.219 e. The third-order valence-electron chi connectivity index (χ3n) is 4.85. The lowest BCUT2D eigenvalue weighted by Crippen LogP contribution is -2.30. The van der Waals surface area contributed by atoms with Crippen LogP contribution in [0.4, 0.5) is 5.82 Å². The molecule has 1 amide bonds. The van der Waals surface area contributed by atoms with Crippen molar-refractivity contribution in [3.05, 3.63) is 35.8 Å². The van der Waals surface area contributed by atoms with E-state index in [0.29, 0.717) is 0 Å². The van der Waals surface area contributed by atoms with Crippen LogP contribution in [0.2, 0.25) is 0 Å². The van der Waals surface area contributed by atoms with Gasteiger partial charge in [0.05, 0.1) is 0 Å². The standard InChI is InChI=1S/C18H21N5O/c1-12(24)23-10-7-14(11-23)20-18-15-3-2-4-16(15)21-17(22-18)13-5-8-19-9-6-13/h5-6,8-9,14H,2-4,7,10-11H2,1H3,(H,20,21,22). The van der Waals surface area contributed by atoms with Crippen LogP contribution in [0.1, 0.15) is 31.0 Å². The summed E-state index contributed by atoms with van der Waals surface area (Å²) in [5, 5.41) is 3.58. The van der Waals surface area contributed by atoms with Gasteiger partial charge in [0, 0.05) is 55.3 Å². The first-order valence-electron chi connectivity index (χ1n) is 8.53. The highest BCUT2D eigenvalue weighted by molar-refractivity contribution is 5.73. The third-order valence-corrected chi connectivity index (χ3v) is 4.85. The lowest BCUT2D eigenvalue weighted by Gasteiger charge is -2.18. The summed E-state index contributed by atoms with van der Waals surface area (Å²) in [6.07, 6.45) is 7.65. The molecule has 0 aromatic carbocycles. The van der Waals surface area contributed by atoms with Crippen molar-refractivity contribution >= 4 is 11.7 Å². The number of aromatic nitrogens is 3. The van der Waals surface area contributed by atoms with Gasteiger partial charge in [-0.1, -0.05) is 0 Å². The van der Waals surface area contributed by atoms with Gasteiger partial charge in [-0.2, -0.15) is 0 Å². The second kappa shape index (κ2) is 6.19. The van der Waals surface area contributed by atoms with E-state index in [9.17, 15) is 4.79 Å². The van der Waals surface area contributed by atoms with Crippen molar-refractivity contribution in [3.63, 3.8) is 0 Å². The van der Waals surface area contributed by atoms with Crippen LogP contribution in [0, 0.1) is 0 Å². The van der Waals surface area contributed by atoms with Crippen LogP contribution >= 0.6 is 0 Å². The molecule has 0 radical (unpaired) electrons. The van der Waals surface area contributed by atoms with Crippen LogP contribution in [0.3, 0.4) is 0 Å². The normalized spacial score (nSPS) is 19.4. The molecule has 1 fully saturated rings. The Labute approximate surface area is 141 Å². The molecule has 124 valence electrons. The Morgan fingerprint density at radius 1 is 1.25 bits per heavy atom. The number of likely N-dealkylation sites (tertiary alicyclic amines) is 1. The predicted octanol–water partition coefficient (Wildman–Crippen LogP) is 2.06. The van der Waals surface area contributed by atoms with Crippen LogP contribution in [-0.4, -0.2) is 44.9 Å². The number of pyridine rings is 1. The van der Waals surface area contributed by atoms with Crippen molar-refractivity contribution in [1.82, 2.24) is 19.9 Å². The number of fused-ring (bicyclic) bond motifs is 1. The Morgan fingerprint density at radius 3 is 2.83 bits per heavy atom. The number of anilines is 1. The molecule has 1 aliphatic heterocycles. The maximum Gasteiger partial charge on any atom is 0.219 e. The van der Waals surface area contributed by atoms with Gasteiger partial charge < -0.3 is 10.2 Å². The highest BCUT2D eigenvalue weighted by Gasteiger charge is 2.27. The van der Waals surface area contributed by atoms with Crippen molar-refractivity contribution in [2.75, 3.05) is 18.4 Å². The largest absolute Gasteiger partial charge is 0.365 e. The highest BCUT2D eigenvalue weighted by atomic mass is 16.2. The summed E-state index contributed by atoms with van der Waals surface area (Å²) >= 11 is 0. The Hall–Kier alpha value is -2.50. The molecule has 1 aliphatic carbocycles. The van der Waals surface area contributed by atoms with Crippen LogP contribution in [0.15, 0.2) is 24.5 Å². The zero-order chi connectivity index (χ0) is 16.5. The van der Waals surface area contributed by atoms with Crippen molar-refractivity contribution in [1.29, 1.82) is 0 Å². The maximum absolute atomic E-state index is 11.5. The summed E-state index contributed by atoms with van der Waals surface area (Å²) in [4.78, 5) is 27.0. The fourth-order valence-corrected chi connectivity index (χ4v) is 3.54. The Balaban J connectivity index is 1.63. The predicted molar refractivity (Wildman–Crippen MR) is 91.6 cm³/mol. The van der Waals surface area contributed by atoms with E-state index in [1.165, 1.54) is 5.56 Å². The lowest BCUT2D eigenvalue weighted by atomic mass is 10.2. The van der Waals surface area contributed by atoms with E-state index in [4.69, 9.17) is 9.97 Å². The first kappa shape index (κ1) is 15.1. The molecule has 1 saturated heterocycles. The second-order valence-electron chi connectivity index (χ2n) is 6.51. The van der Waals surface area contributed by atoms with Gasteiger partial charge >= 0.3 is 0 Å². The summed E-state index contributed by atoms with van der Waals surface area (Å²) in [6, 6.07) is 4.14. The summed E-state index contributed by atoms with van der Waals surface area (Å²) in [7, 11) is 0. The summed E-state index contributed by atoms with van der Waals surface area (Å²) in [6.45, 7) is 3.20. The SMILES string of the molecule is CC(=O)N1CCC(Nc2nc(-c3ccncc3)nc3c2CCC3)C1. The van der Waals surface area contributed by atoms with E-state index in [-0.39, 0.29) is 11.9 Å². The minimum absolute atomic E-state index is 0.143. The molecule has 3 heterocycles. The number of amides is 1. The average Bonchev–Trinajstić information content (AvgIpc) is 3.24. The van der Waals surface area contributed by atoms with Gasteiger partial charge in [-0.15, -0.1) is 0 Å². The summed E-state index contributed by atoms with van der Waals surface area (Å²) < 4.78 is 0. The van der Waals surface area contributed by atoms with Gasteiger partial charge in [-0.3, -0.25) is 9.78 Å². The number of hydrogen-bond acceptors (Lipinski definition) is 5. The Kier molecular flexibility index (Phi) is 3.88. The van der Waals surface area contributed by atoms with Gasteiger partial charge in [-0.25, -0.2) is 9.97 Å². The van der Waals surface area contributed by atoms with E-state index in [1.54, 1.807) is 19.3 Å². The minimum atomic E-state index is 0.143. The molecule has 2 aromatic heterocycles. The van der Waals surface area contributed by atoms with E-state index in [0.717, 1.165) is 61.7 Å². The number of hydrogen-bond donors (Lipinski definition) is 1. The molecule has 2 aliphatic rings. The minimum Gasteiger partial charge on any atom is -0.365 e. The quantitative estimate of drug-likeness (QED) is 0.936. The van der Waals surface area contributed by atoms with E-state index in [1.807, 2.05) is 17.0 Å². The zero-order valence-corrected chi connectivity index (χ0v) is 13.8. The van der Waals surface area contributed by atoms with Crippen molar-refractivity contribution in [3.8, 4) is 11.4 Å². The average molecular weight is 323 g/mol. The first-order valence-corrected chi connectivity index (χ1v) is 8.53. The molecule has 0 bridgehead atoms. The van der Waals surface area contributed by atoms with Gasteiger partial charge in [0.15, 0.2) is 5.82 Å². The van der Waals surface area contributed by atoms with Gasteiger partial charge in [0.25, 0.3) is 0 Å². The Bertz CT molecular complexity index is 762. The molecular weight excluding hydrogens is 302 g/mol. The molecule has 1 atom stereocenters. The summed E-state index contributed by atoms with van der Waals surface area (Å²) in [5.41, 5.74) is 3.38. The second-order valence-corrected chi connectivity index (χ2v) is 6.51. The number of rotatable bonds is 3. The number of carbonyl (C=O) groups is 1. The first-order chi connectivity index (χ1) is 11.7. The monoisotopic (exact) mass is 323 g/mol. The van der Waals surface area contributed by atoms with E-state index >= 15 is 0 Å². The van der Waals surface area contributed by atoms with Crippen molar-refractivity contribution in [2.45, 2.75) is 38.6 Å². The number of nitrogens with one attached hydrogen (secondary N) is 1. The van der Waals surface area contributed by atoms with Crippen LogP contribution in [0.5, 0.6) is 0 Å². The molecule has 6 nitrogen and oxygen atoms in total. The molecular formula is C18H21N5O. The van der Waals surface area contributed by atoms with Crippen molar-refractivity contribution < 1.29 is 4.79 Å². The van der Waals surface area contributed by atoms with Crippen LogP contribution < -0.4 is 5.32 Å². The summed E-state index contributed by atoms with van der Waals surface area (Å²) in [5.74, 6) is 1.84. The van der Waals surface area contributed by atoms with Crippen LogP contribution in [0.25, 0.3) is 11.4 Å². The molecule has 6 heteroatoms. The highest BCUT2D eigenvalue weighted by Crippen LogP contribution is 2.30. The van der Waals surface area contributed by atoms with Gasteiger partial charge in [-0.05, 0) is 37.8 Å². The van der Waals surface area contributed by atoms with Gasteiger partial charge in [0.1, 0.15) is 5.82 Å².